The first-order valence-corrected chi connectivity index (χ1v) is 10.1. The number of halogens is 1. The first kappa shape index (κ1) is 25.6. The number of guanidine groups is 1. The number of unbranched alkanes of at least 4 members (excludes halogenated alkanes) is 1. The predicted molar refractivity (Wildman–Crippen MR) is 125 cm³/mol. The summed E-state index contributed by atoms with van der Waals surface area (Å²) in [7, 11) is 0. The summed E-state index contributed by atoms with van der Waals surface area (Å²) in [4.78, 5) is 15.0. The Morgan fingerprint density at radius 2 is 2.03 bits per heavy atom. The van der Waals surface area contributed by atoms with Crippen molar-refractivity contribution in [2.24, 2.45) is 4.99 Å². The average Bonchev–Trinajstić information content (AvgIpc) is 3.22. The second-order valence-corrected chi connectivity index (χ2v) is 6.85. The van der Waals surface area contributed by atoms with Gasteiger partial charge in [0.1, 0.15) is 0 Å². The van der Waals surface area contributed by atoms with Crippen LogP contribution < -0.4 is 10.6 Å². The van der Waals surface area contributed by atoms with E-state index in [1.165, 1.54) is 12.1 Å². The van der Waals surface area contributed by atoms with Crippen molar-refractivity contribution in [1.82, 2.24) is 10.6 Å². The number of rotatable bonds is 12. The van der Waals surface area contributed by atoms with Crippen LogP contribution in [0.2, 0.25) is 0 Å². The molecule has 1 fully saturated rings. The molecule has 1 aliphatic heterocycles. The standard InChI is InChI=1S/C20H32N4O4.HI/c1-2-3-12-27-13-5-11-21-20(23-16-19-6-4-14-28-19)22-15-17-7-9-18(10-8-17)24(25)26;/h7-10,19H,2-6,11-16H2,1H3,(H2,21,22,23);1H. The number of non-ortho nitro benzene ring substituents is 1. The lowest BCUT2D eigenvalue weighted by Crippen LogP contribution is -2.41. The van der Waals surface area contributed by atoms with Gasteiger partial charge in [-0.1, -0.05) is 25.5 Å². The number of benzene rings is 1. The summed E-state index contributed by atoms with van der Waals surface area (Å²) in [6.45, 7) is 6.46. The van der Waals surface area contributed by atoms with Gasteiger partial charge >= 0.3 is 0 Å². The van der Waals surface area contributed by atoms with Gasteiger partial charge in [0.05, 0.1) is 17.6 Å². The van der Waals surface area contributed by atoms with Crippen LogP contribution in [0.5, 0.6) is 0 Å². The molecule has 0 spiro atoms. The molecule has 1 atom stereocenters. The topological polar surface area (TPSA) is 98.0 Å². The molecule has 0 saturated carbocycles. The molecular weight excluding hydrogens is 487 g/mol. The van der Waals surface area contributed by atoms with E-state index in [0.29, 0.717) is 6.54 Å². The molecule has 1 unspecified atom stereocenters. The molecule has 0 bridgehead atoms. The minimum atomic E-state index is -0.397. The number of hydrogen-bond donors (Lipinski definition) is 2. The number of aliphatic imine (C=N–C) groups is 1. The molecule has 2 N–H and O–H groups in total. The quantitative estimate of drug-likeness (QED) is 0.109. The van der Waals surface area contributed by atoms with Gasteiger partial charge in [0.25, 0.3) is 5.69 Å². The monoisotopic (exact) mass is 520 g/mol. The Labute approximate surface area is 190 Å². The number of hydrogen-bond acceptors (Lipinski definition) is 5. The zero-order chi connectivity index (χ0) is 20.0. The zero-order valence-corrected chi connectivity index (χ0v) is 19.4. The van der Waals surface area contributed by atoms with Gasteiger partial charge in [-0.2, -0.15) is 0 Å². The molecule has 0 radical (unpaired) electrons. The van der Waals surface area contributed by atoms with Gasteiger partial charge in [-0.05, 0) is 31.2 Å². The fourth-order valence-electron chi connectivity index (χ4n) is 2.81. The molecular formula is C20H33IN4O4. The van der Waals surface area contributed by atoms with Crippen molar-refractivity contribution < 1.29 is 14.4 Å². The summed E-state index contributed by atoms with van der Waals surface area (Å²) < 4.78 is 11.2. The summed E-state index contributed by atoms with van der Waals surface area (Å²) >= 11 is 0. The molecule has 8 nitrogen and oxygen atoms in total. The van der Waals surface area contributed by atoms with E-state index in [1.807, 2.05) is 0 Å². The van der Waals surface area contributed by atoms with Gasteiger partial charge in [-0.3, -0.25) is 10.1 Å². The van der Waals surface area contributed by atoms with E-state index >= 15 is 0 Å². The third-order valence-corrected chi connectivity index (χ3v) is 4.49. The predicted octanol–water partition coefficient (Wildman–Crippen LogP) is 3.63. The highest BCUT2D eigenvalue weighted by molar-refractivity contribution is 14.0. The first-order valence-electron chi connectivity index (χ1n) is 10.1. The Bertz CT molecular complexity index is 607. The van der Waals surface area contributed by atoms with E-state index in [4.69, 9.17) is 9.47 Å². The van der Waals surface area contributed by atoms with Gasteiger partial charge in [0, 0.05) is 45.0 Å². The van der Waals surface area contributed by atoms with Gasteiger partial charge in [-0.25, -0.2) is 4.99 Å². The lowest BCUT2D eigenvalue weighted by molar-refractivity contribution is -0.384. The Balaban J connectivity index is 0.00000420. The van der Waals surface area contributed by atoms with Crippen LogP contribution in [0.3, 0.4) is 0 Å². The highest BCUT2D eigenvalue weighted by atomic mass is 127. The van der Waals surface area contributed by atoms with E-state index in [0.717, 1.165) is 76.5 Å². The normalized spacial score (nSPS) is 16.3. The minimum absolute atomic E-state index is 0. The molecule has 1 aromatic carbocycles. The van der Waals surface area contributed by atoms with Crippen LogP contribution in [0, 0.1) is 10.1 Å². The molecule has 1 aliphatic rings. The van der Waals surface area contributed by atoms with Crippen LogP contribution in [0.25, 0.3) is 0 Å². The number of nitrogens with one attached hydrogen (secondary N) is 2. The lowest BCUT2D eigenvalue weighted by Gasteiger charge is -2.15. The van der Waals surface area contributed by atoms with E-state index in [-0.39, 0.29) is 35.8 Å². The molecule has 0 aromatic heterocycles. The molecule has 29 heavy (non-hydrogen) atoms. The summed E-state index contributed by atoms with van der Waals surface area (Å²) in [6, 6.07) is 6.48. The van der Waals surface area contributed by atoms with E-state index in [9.17, 15) is 10.1 Å². The highest BCUT2D eigenvalue weighted by Gasteiger charge is 2.15. The van der Waals surface area contributed by atoms with Crippen molar-refractivity contribution in [3.05, 3.63) is 39.9 Å². The molecule has 1 aromatic rings. The van der Waals surface area contributed by atoms with E-state index in [2.05, 4.69) is 22.5 Å². The second-order valence-electron chi connectivity index (χ2n) is 6.85. The Morgan fingerprint density at radius 3 is 2.69 bits per heavy atom. The average molecular weight is 520 g/mol. The summed E-state index contributed by atoms with van der Waals surface area (Å²) in [5.74, 6) is 0.724. The van der Waals surface area contributed by atoms with E-state index < -0.39 is 4.92 Å². The number of ether oxygens (including phenoxy) is 2. The summed E-state index contributed by atoms with van der Waals surface area (Å²) in [5, 5.41) is 17.4. The van der Waals surface area contributed by atoms with Gasteiger partial charge < -0.3 is 20.1 Å². The van der Waals surface area contributed by atoms with Crippen molar-refractivity contribution in [3.8, 4) is 0 Å². The van der Waals surface area contributed by atoms with Crippen LogP contribution in [0.4, 0.5) is 5.69 Å². The minimum Gasteiger partial charge on any atom is -0.381 e. The van der Waals surface area contributed by atoms with Crippen LogP contribution in [-0.2, 0) is 16.0 Å². The SMILES string of the molecule is CCCCOCCCNC(=NCc1ccc([N+](=O)[O-])cc1)NCC1CCCO1.I. The molecule has 0 aliphatic carbocycles. The summed E-state index contributed by atoms with van der Waals surface area (Å²) in [5.41, 5.74) is 1.01. The van der Waals surface area contributed by atoms with Crippen LogP contribution in [0.1, 0.15) is 44.6 Å². The summed E-state index contributed by atoms with van der Waals surface area (Å²) in [6.07, 6.45) is 5.53. The lowest BCUT2D eigenvalue weighted by atomic mass is 10.2. The zero-order valence-electron chi connectivity index (χ0n) is 17.1. The molecule has 9 heteroatoms. The molecule has 1 saturated heterocycles. The van der Waals surface area contributed by atoms with Crippen LogP contribution in [0.15, 0.2) is 29.3 Å². The van der Waals surface area contributed by atoms with Crippen molar-refractivity contribution >= 4 is 35.6 Å². The molecule has 0 amide bonds. The highest BCUT2D eigenvalue weighted by Crippen LogP contribution is 2.13. The van der Waals surface area contributed by atoms with Crippen molar-refractivity contribution in [1.29, 1.82) is 0 Å². The Hall–Kier alpha value is -1.46. The van der Waals surface area contributed by atoms with Crippen LogP contribution in [-0.4, -0.2) is 49.9 Å². The van der Waals surface area contributed by atoms with Crippen LogP contribution >= 0.6 is 24.0 Å². The molecule has 1 heterocycles. The first-order chi connectivity index (χ1) is 13.7. The number of nitro groups is 1. The molecule has 2 rings (SSSR count). The largest absolute Gasteiger partial charge is 0.381 e. The Morgan fingerprint density at radius 1 is 1.28 bits per heavy atom. The third kappa shape index (κ3) is 10.8. The third-order valence-electron chi connectivity index (χ3n) is 4.49. The Kier molecular flexibility index (Phi) is 13.6. The van der Waals surface area contributed by atoms with Gasteiger partial charge in [0.15, 0.2) is 5.96 Å². The molecule has 164 valence electrons. The number of nitrogens with zero attached hydrogens (tertiary/aromatic N) is 2. The fourth-order valence-corrected chi connectivity index (χ4v) is 2.81. The van der Waals surface area contributed by atoms with Crippen molar-refractivity contribution in [3.63, 3.8) is 0 Å². The fraction of sp³-hybridized carbons (Fsp3) is 0.650. The van der Waals surface area contributed by atoms with E-state index in [1.54, 1.807) is 12.1 Å². The van der Waals surface area contributed by atoms with Crippen molar-refractivity contribution in [2.75, 3.05) is 32.9 Å². The van der Waals surface area contributed by atoms with Gasteiger partial charge in [0.2, 0.25) is 0 Å². The van der Waals surface area contributed by atoms with Gasteiger partial charge in [-0.15, -0.1) is 24.0 Å². The maximum Gasteiger partial charge on any atom is 0.269 e. The second kappa shape index (κ2) is 15.4. The van der Waals surface area contributed by atoms with Crippen molar-refractivity contribution in [2.45, 2.75) is 51.7 Å². The maximum absolute atomic E-state index is 10.8. The maximum atomic E-state index is 10.8. The smallest absolute Gasteiger partial charge is 0.269 e. The number of nitro benzene ring substituents is 1.